The van der Waals surface area contributed by atoms with Crippen molar-refractivity contribution in [3.8, 4) is 5.75 Å². The van der Waals surface area contributed by atoms with Crippen molar-refractivity contribution in [2.45, 2.75) is 39.0 Å². The van der Waals surface area contributed by atoms with Crippen LogP contribution in [0.25, 0.3) is 0 Å². The molecule has 0 aromatic heterocycles. The summed E-state index contributed by atoms with van der Waals surface area (Å²) in [5.41, 5.74) is 1.78. The molecule has 2 N–H and O–H groups in total. The highest BCUT2D eigenvalue weighted by Crippen LogP contribution is 2.23. The second-order valence-corrected chi connectivity index (χ2v) is 7.06. The lowest BCUT2D eigenvalue weighted by molar-refractivity contribution is -0.144. The number of benzene rings is 2. The van der Waals surface area contributed by atoms with E-state index in [4.69, 9.17) is 21.7 Å². The number of carbonyl (C=O) groups is 2. The molecule has 0 aliphatic carbocycles. The van der Waals surface area contributed by atoms with Gasteiger partial charge >= 0.3 is 5.97 Å². The first-order valence-electron chi connectivity index (χ1n) is 10.1. The van der Waals surface area contributed by atoms with Gasteiger partial charge < -0.3 is 20.1 Å². The maximum Gasteiger partial charge on any atom is 0.306 e. The molecule has 2 aromatic carbocycles. The van der Waals surface area contributed by atoms with Crippen LogP contribution < -0.4 is 15.4 Å². The van der Waals surface area contributed by atoms with Crippen LogP contribution in [0.3, 0.4) is 0 Å². The fraction of sp³-hybridized carbons (Fsp3) is 0.348. The number of anilines is 1. The number of rotatable bonds is 11. The summed E-state index contributed by atoms with van der Waals surface area (Å²) in [6.07, 6.45) is 2.64. The summed E-state index contributed by atoms with van der Waals surface area (Å²) >= 11 is 5.20. The second-order valence-electron chi connectivity index (χ2n) is 6.66. The number of ether oxygens (including phenoxy) is 2. The second kappa shape index (κ2) is 13.3. The molecule has 0 saturated carbocycles. The molecule has 0 unspecified atom stereocenters. The summed E-state index contributed by atoms with van der Waals surface area (Å²) in [4.78, 5) is 23.9. The molecule has 0 fully saturated rings. The Kier molecular flexibility index (Phi) is 10.4. The molecule has 2 rings (SSSR count). The van der Waals surface area contributed by atoms with Crippen LogP contribution in [-0.4, -0.2) is 30.2 Å². The van der Waals surface area contributed by atoms with Gasteiger partial charge in [0.2, 0.25) is 5.91 Å². The van der Waals surface area contributed by atoms with Gasteiger partial charge in [0.25, 0.3) is 0 Å². The molecule has 0 spiro atoms. The molecule has 2 aromatic rings. The fourth-order valence-electron chi connectivity index (χ4n) is 2.58. The SMILES string of the molecule is CCCCOc1ccccc1NC(=S)NC(=O)CCC(=O)OCCc1ccccc1. The number of hydrogen-bond acceptors (Lipinski definition) is 5. The highest BCUT2D eigenvalue weighted by molar-refractivity contribution is 7.80. The zero-order chi connectivity index (χ0) is 21.6. The van der Waals surface area contributed by atoms with E-state index in [1.165, 1.54) is 0 Å². The summed E-state index contributed by atoms with van der Waals surface area (Å²) < 4.78 is 10.9. The summed E-state index contributed by atoms with van der Waals surface area (Å²) in [5, 5.41) is 5.70. The van der Waals surface area contributed by atoms with Gasteiger partial charge in [-0.15, -0.1) is 0 Å². The van der Waals surface area contributed by atoms with Gasteiger partial charge in [0.15, 0.2) is 5.11 Å². The van der Waals surface area contributed by atoms with Crippen LogP contribution in [0, 0.1) is 0 Å². The first kappa shape index (κ1) is 23.3. The minimum Gasteiger partial charge on any atom is -0.491 e. The number of thiocarbonyl (C=S) groups is 1. The molecule has 6 nitrogen and oxygen atoms in total. The number of carbonyl (C=O) groups excluding carboxylic acids is 2. The lowest BCUT2D eigenvalue weighted by Gasteiger charge is -2.14. The Hall–Kier alpha value is -2.93. The number of para-hydroxylation sites is 2. The molecule has 7 heteroatoms. The quantitative estimate of drug-likeness (QED) is 0.317. The number of esters is 1. The Morgan fingerprint density at radius 1 is 0.967 bits per heavy atom. The zero-order valence-corrected chi connectivity index (χ0v) is 18.0. The van der Waals surface area contributed by atoms with E-state index in [9.17, 15) is 9.59 Å². The predicted molar refractivity (Wildman–Crippen MR) is 122 cm³/mol. The van der Waals surface area contributed by atoms with Crippen molar-refractivity contribution >= 4 is 34.9 Å². The van der Waals surface area contributed by atoms with Crippen molar-refractivity contribution in [1.82, 2.24) is 5.32 Å². The number of nitrogens with one attached hydrogen (secondary N) is 2. The number of hydrogen-bond donors (Lipinski definition) is 2. The van der Waals surface area contributed by atoms with Crippen LogP contribution in [0.1, 0.15) is 38.2 Å². The zero-order valence-electron chi connectivity index (χ0n) is 17.2. The third-order valence-corrected chi connectivity index (χ3v) is 4.40. The van der Waals surface area contributed by atoms with E-state index in [1.807, 2.05) is 54.6 Å². The van der Waals surface area contributed by atoms with E-state index in [-0.39, 0.29) is 23.9 Å². The van der Waals surface area contributed by atoms with Gasteiger partial charge in [-0.05, 0) is 36.3 Å². The van der Waals surface area contributed by atoms with E-state index in [2.05, 4.69) is 17.6 Å². The Balaban J connectivity index is 1.68. The lowest BCUT2D eigenvalue weighted by Crippen LogP contribution is -2.34. The monoisotopic (exact) mass is 428 g/mol. The maximum absolute atomic E-state index is 12.1. The van der Waals surface area contributed by atoms with E-state index in [0.29, 0.717) is 31.1 Å². The van der Waals surface area contributed by atoms with Gasteiger partial charge in [-0.1, -0.05) is 55.8 Å². The fourth-order valence-corrected chi connectivity index (χ4v) is 2.80. The standard InChI is InChI=1S/C23H28N2O4S/c1-2-3-16-28-20-12-8-7-11-19(20)24-23(30)25-21(26)13-14-22(27)29-17-15-18-9-5-4-6-10-18/h4-12H,2-3,13-17H2,1H3,(H2,24,25,26,30). The summed E-state index contributed by atoms with van der Waals surface area (Å²) in [6, 6.07) is 17.2. The normalized spacial score (nSPS) is 10.2. The van der Waals surface area contributed by atoms with Crippen molar-refractivity contribution in [1.29, 1.82) is 0 Å². The van der Waals surface area contributed by atoms with E-state index in [0.717, 1.165) is 18.4 Å². The molecule has 0 heterocycles. The van der Waals surface area contributed by atoms with Crippen molar-refractivity contribution < 1.29 is 19.1 Å². The summed E-state index contributed by atoms with van der Waals surface area (Å²) in [6.45, 7) is 3.00. The third kappa shape index (κ3) is 9.05. The molecule has 0 aliphatic heterocycles. The van der Waals surface area contributed by atoms with Crippen molar-refractivity contribution in [3.05, 3.63) is 60.2 Å². The van der Waals surface area contributed by atoms with Gasteiger partial charge in [0, 0.05) is 12.8 Å². The van der Waals surface area contributed by atoms with E-state index in [1.54, 1.807) is 0 Å². The van der Waals surface area contributed by atoms with Gasteiger partial charge in [0.05, 0.1) is 25.3 Å². The third-order valence-electron chi connectivity index (χ3n) is 4.20. The molecular formula is C23H28N2O4S. The lowest BCUT2D eigenvalue weighted by atomic mass is 10.2. The van der Waals surface area contributed by atoms with Gasteiger partial charge in [-0.3, -0.25) is 9.59 Å². The first-order valence-corrected chi connectivity index (χ1v) is 10.5. The topological polar surface area (TPSA) is 76.7 Å². The van der Waals surface area contributed by atoms with Crippen molar-refractivity contribution in [2.75, 3.05) is 18.5 Å². The number of unbranched alkanes of at least 4 members (excludes halogenated alkanes) is 1. The van der Waals surface area contributed by atoms with Crippen LogP contribution in [0.15, 0.2) is 54.6 Å². The smallest absolute Gasteiger partial charge is 0.306 e. The van der Waals surface area contributed by atoms with Crippen LogP contribution in [0.5, 0.6) is 5.75 Å². The minimum absolute atomic E-state index is 0.0000474. The van der Waals surface area contributed by atoms with Crippen LogP contribution in [-0.2, 0) is 20.7 Å². The van der Waals surface area contributed by atoms with Gasteiger partial charge in [-0.25, -0.2) is 0 Å². The van der Waals surface area contributed by atoms with Crippen LogP contribution >= 0.6 is 12.2 Å². The minimum atomic E-state index is -0.408. The predicted octanol–water partition coefficient (Wildman–Crippen LogP) is 4.24. The summed E-state index contributed by atoms with van der Waals surface area (Å²) in [5.74, 6) is -0.0870. The van der Waals surface area contributed by atoms with Gasteiger partial charge in [0.1, 0.15) is 5.75 Å². The molecule has 0 bridgehead atoms. The Morgan fingerprint density at radius 2 is 1.70 bits per heavy atom. The van der Waals surface area contributed by atoms with Crippen molar-refractivity contribution in [3.63, 3.8) is 0 Å². The Bertz CT molecular complexity index is 827. The molecule has 0 aliphatic rings. The largest absolute Gasteiger partial charge is 0.491 e. The first-order chi connectivity index (χ1) is 14.6. The Morgan fingerprint density at radius 3 is 2.47 bits per heavy atom. The molecule has 0 radical (unpaired) electrons. The Labute approximate surface area is 183 Å². The van der Waals surface area contributed by atoms with E-state index < -0.39 is 5.97 Å². The molecule has 0 saturated heterocycles. The molecule has 0 atom stereocenters. The molecule has 160 valence electrons. The average molecular weight is 429 g/mol. The van der Waals surface area contributed by atoms with Crippen molar-refractivity contribution in [2.24, 2.45) is 0 Å². The van der Waals surface area contributed by atoms with Gasteiger partial charge in [-0.2, -0.15) is 0 Å². The van der Waals surface area contributed by atoms with Crippen LogP contribution in [0.2, 0.25) is 0 Å². The molecule has 30 heavy (non-hydrogen) atoms. The highest BCUT2D eigenvalue weighted by atomic mass is 32.1. The number of amides is 1. The average Bonchev–Trinajstić information content (AvgIpc) is 2.74. The highest BCUT2D eigenvalue weighted by Gasteiger charge is 2.11. The molecule has 1 amide bonds. The maximum atomic E-state index is 12.1. The van der Waals surface area contributed by atoms with E-state index >= 15 is 0 Å². The summed E-state index contributed by atoms with van der Waals surface area (Å²) in [7, 11) is 0. The molecular weight excluding hydrogens is 400 g/mol. The van der Waals surface area contributed by atoms with Crippen LogP contribution in [0.4, 0.5) is 5.69 Å².